The first kappa shape index (κ1) is 12.9. The molecule has 2 fully saturated rings. The molecule has 2 atom stereocenters. The minimum Gasteiger partial charge on any atom is -0.399 e. The number of nitrogen functional groups attached to an aromatic ring is 1. The predicted molar refractivity (Wildman–Crippen MR) is 72.2 cm³/mol. The van der Waals surface area contributed by atoms with E-state index in [-0.39, 0.29) is 17.1 Å². The molecular weight excluding hydrogens is 264 g/mol. The molecule has 2 saturated heterocycles. The first-order valence-electron chi connectivity index (χ1n) is 6.48. The third kappa shape index (κ3) is 2.35. The number of anilines is 1. The van der Waals surface area contributed by atoms with E-state index in [2.05, 4.69) is 0 Å². The number of sulfonamides is 1. The summed E-state index contributed by atoms with van der Waals surface area (Å²) in [5, 5.41) is 0. The van der Waals surface area contributed by atoms with Crippen molar-refractivity contribution in [3.8, 4) is 0 Å². The van der Waals surface area contributed by atoms with Gasteiger partial charge in [0.1, 0.15) is 0 Å². The molecule has 6 heteroatoms. The van der Waals surface area contributed by atoms with E-state index in [1.807, 2.05) is 6.92 Å². The van der Waals surface area contributed by atoms with Gasteiger partial charge in [-0.3, -0.25) is 0 Å². The summed E-state index contributed by atoms with van der Waals surface area (Å²) in [6.45, 7) is 2.75. The van der Waals surface area contributed by atoms with Crippen LogP contribution in [0.3, 0.4) is 0 Å². The lowest BCUT2D eigenvalue weighted by molar-refractivity contribution is -0.0114. The number of hydrogen-bond acceptors (Lipinski definition) is 4. The predicted octanol–water partition coefficient (Wildman–Crippen LogP) is 1.13. The van der Waals surface area contributed by atoms with Crippen LogP contribution in [-0.4, -0.2) is 38.0 Å². The lowest BCUT2D eigenvalue weighted by Gasteiger charge is -2.31. The van der Waals surface area contributed by atoms with Crippen LogP contribution < -0.4 is 5.73 Å². The molecule has 2 unspecified atom stereocenters. The van der Waals surface area contributed by atoms with Crippen molar-refractivity contribution in [2.75, 3.05) is 18.8 Å². The van der Waals surface area contributed by atoms with Gasteiger partial charge in [-0.05, 0) is 43.5 Å². The molecule has 2 aliphatic heterocycles. The zero-order valence-corrected chi connectivity index (χ0v) is 11.7. The van der Waals surface area contributed by atoms with Gasteiger partial charge in [0.25, 0.3) is 0 Å². The summed E-state index contributed by atoms with van der Waals surface area (Å²) in [6, 6.07) is 4.96. The number of benzene rings is 1. The first-order chi connectivity index (χ1) is 8.95. The largest absolute Gasteiger partial charge is 0.399 e. The van der Waals surface area contributed by atoms with E-state index in [1.165, 1.54) is 10.4 Å². The molecule has 0 aromatic heterocycles. The second kappa shape index (κ2) is 4.47. The Kier molecular flexibility index (Phi) is 3.03. The van der Waals surface area contributed by atoms with Crippen molar-refractivity contribution in [3.05, 3.63) is 23.8 Å². The molecule has 1 aromatic rings. The number of nitrogens with two attached hydrogens (primary N) is 1. The van der Waals surface area contributed by atoms with Crippen LogP contribution in [0.15, 0.2) is 23.1 Å². The zero-order valence-electron chi connectivity index (χ0n) is 10.9. The lowest BCUT2D eigenvalue weighted by Crippen LogP contribution is -2.45. The first-order valence-corrected chi connectivity index (χ1v) is 7.92. The number of hydrogen-bond donors (Lipinski definition) is 1. The summed E-state index contributed by atoms with van der Waals surface area (Å²) >= 11 is 0. The monoisotopic (exact) mass is 282 g/mol. The third-order valence-electron chi connectivity index (χ3n) is 3.72. The Bertz CT molecular complexity index is 568. The van der Waals surface area contributed by atoms with Gasteiger partial charge in [-0.15, -0.1) is 0 Å². The molecule has 3 rings (SSSR count). The van der Waals surface area contributed by atoms with Crippen molar-refractivity contribution in [2.24, 2.45) is 0 Å². The molecule has 0 saturated carbocycles. The minimum absolute atomic E-state index is 0.0516. The second-order valence-corrected chi connectivity index (χ2v) is 7.30. The molecule has 2 heterocycles. The Morgan fingerprint density at radius 1 is 1.21 bits per heavy atom. The molecule has 2 N–H and O–H groups in total. The standard InChI is InChI=1S/C13H18N2O3S/c1-9-4-10(14)6-13(5-9)19(16,17)15-7-11-2-3-12(8-15)18-11/h4-6,11-12H,2-3,7-8,14H2,1H3. The quantitative estimate of drug-likeness (QED) is 0.825. The highest BCUT2D eigenvalue weighted by molar-refractivity contribution is 7.89. The maximum Gasteiger partial charge on any atom is 0.243 e. The average molecular weight is 282 g/mol. The highest BCUT2D eigenvalue weighted by Crippen LogP contribution is 2.30. The van der Waals surface area contributed by atoms with Gasteiger partial charge >= 0.3 is 0 Å². The van der Waals surface area contributed by atoms with E-state index in [4.69, 9.17) is 10.5 Å². The van der Waals surface area contributed by atoms with Crippen LogP contribution in [0.2, 0.25) is 0 Å². The Hall–Kier alpha value is -1.11. The summed E-state index contributed by atoms with van der Waals surface area (Å²) in [5.74, 6) is 0. The molecule has 0 spiro atoms. The van der Waals surface area contributed by atoms with Crippen molar-refractivity contribution < 1.29 is 13.2 Å². The van der Waals surface area contributed by atoms with Crippen LogP contribution in [0.5, 0.6) is 0 Å². The van der Waals surface area contributed by atoms with Crippen LogP contribution in [0.4, 0.5) is 5.69 Å². The van der Waals surface area contributed by atoms with Gasteiger partial charge in [-0.2, -0.15) is 4.31 Å². The summed E-state index contributed by atoms with van der Waals surface area (Å²) in [7, 11) is -3.46. The van der Waals surface area contributed by atoms with Crippen molar-refractivity contribution in [3.63, 3.8) is 0 Å². The summed E-state index contributed by atoms with van der Waals surface area (Å²) in [5.41, 5.74) is 7.08. The Labute approximate surface area is 113 Å². The van der Waals surface area contributed by atoms with Crippen LogP contribution >= 0.6 is 0 Å². The van der Waals surface area contributed by atoms with Crippen LogP contribution in [0.25, 0.3) is 0 Å². The van der Waals surface area contributed by atoms with Crippen molar-refractivity contribution in [1.29, 1.82) is 0 Å². The van der Waals surface area contributed by atoms with E-state index in [0.717, 1.165) is 18.4 Å². The van der Waals surface area contributed by atoms with Gasteiger partial charge in [-0.25, -0.2) is 8.42 Å². The summed E-state index contributed by atoms with van der Waals surface area (Å²) < 4.78 is 32.5. The number of morpholine rings is 1. The van der Waals surface area contributed by atoms with Crippen molar-refractivity contribution >= 4 is 15.7 Å². The van der Waals surface area contributed by atoms with E-state index < -0.39 is 10.0 Å². The molecule has 1 aromatic carbocycles. The molecule has 104 valence electrons. The number of nitrogens with zero attached hydrogens (tertiary/aromatic N) is 1. The Balaban J connectivity index is 1.94. The summed E-state index contributed by atoms with van der Waals surface area (Å²) in [4.78, 5) is 0.284. The average Bonchev–Trinajstić information content (AvgIpc) is 2.67. The fraction of sp³-hybridized carbons (Fsp3) is 0.538. The van der Waals surface area contributed by atoms with E-state index >= 15 is 0 Å². The zero-order chi connectivity index (χ0) is 13.6. The van der Waals surface area contributed by atoms with Gasteiger partial charge in [0.15, 0.2) is 0 Å². The molecule has 0 radical (unpaired) electrons. The molecule has 0 aliphatic carbocycles. The van der Waals surface area contributed by atoms with Gasteiger partial charge in [0.05, 0.1) is 17.1 Å². The van der Waals surface area contributed by atoms with Crippen LogP contribution in [-0.2, 0) is 14.8 Å². The normalized spacial score (nSPS) is 27.6. The van der Waals surface area contributed by atoms with E-state index in [1.54, 1.807) is 12.1 Å². The molecular formula is C13H18N2O3S. The van der Waals surface area contributed by atoms with Gasteiger partial charge in [0.2, 0.25) is 10.0 Å². The second-order valence-electron chi connectivity index (χ2n) is 5.36. The van der Waals surface area contributed by atoms with Crippen molar-refractivity contribution in [1.82, 2.24) is 4.31 Å². The highest BCUT2D eigenvalue weighted by Gasteiger charge is 2.39. The van der Waals surface area contributed by atoms with E-state index in [0.29, 0.717) is 18.8 Å². The topological polar surface area (TPSA) is 72.6 Å². The fourth-order valence-electron chi connectivity index (χ4n) is 2.85. The molecule has 2 aliphatic rings. The number of aryl methyl sites for hydroxylation is 1. The molecule has 19 heavy (non-hydrogen) atoms. The third-order valence-corrected chi connectivity index (χ3v) is 5.53. The SMILES string of the molecule is Cc1cc(N)cc(S(=O)(=O)N2CC3CCC(C2)O3)c1. The summed E-state index contributed by atoms with van der Waals surface area (Å²) in [6.07, 6.45) is 2.01. The maximum absolute atomic E-state index is 12.6. The van der Waals surface area contributed by atoms with Crippen LogP contribution in [0, 0.1) is 6.92 Å². The van der Waals surface area contributed by atoms with Crippen LogP contribution in [0.1, 0.15) is 18.4 Å². The van der Waals surface area contributed by atoms with Gasteiger partial charge in [0, 0.05) is 18.8 Å². The minimum atomic E-state index is -3.46. The maximum atomic E-state index is 12.6. The smallest absolute Gasteiger partial charge is 0.243 e. The van der Waals surface area contributed by atoms with Crippen molar-refractivity contribution in [2.45, 2.75) is 36.9 Å². The number of rotatable bonds is 2. The molecule has 5 nitrogen and oxygen atoms in total. The molecule has 0 amide bonds. The lowest BCUT2D eigenvalue weighted by atomic mass is 10.2. The number of fused-ring (bicyclic) bond motifs is 2. The van der Waals surface area contributed by atoms with E-state index in [9.17, 15) is 8.42 Å². The van der Waals surface area contributed by atoms with Gasteiger partial charge in [-0.1, -0.05) is 0 Å². The number of ether oxygens (including phenoxy) is 1. The molecule has 2 bridgehead atoms. The fourth-order valence-corrected chi connectivity index (χ4v) is 4.49. The Morgan fingerprint density at radius 2 is 1.84 bits per heavy atom. The Morgan fingerprint density at radius 3 is 2.42 bits per heavy atom. The van der Waals surface area contributed by atoms with Gasteiger partial charge < -0.3 is 10.5 Å². The highest BCUT2D eigenvalue weighted by atomic mass is 32.2.